The zero-order valence-electron chi connectivity index (χ0n) is 17.7. The molecule has 0 saturated heterocycles. The Morgan fingerprint density at radius 1 is 1.06 bits per heavy atom. The van der Waals surface area contributed by atoms with Crippen molar-refractivity contribution in [3.05, 3.63) is 77.5 Å². The number of carbonyl (C=O) groups is 2. The minimum Gasteiger partial charge on any atom is -0.383 e. The van der Waals surface area contributed by atoms with Gasteiger partial charge in [0, 0.05) is 23.5 Å². The molecule has 2 aromatic carbocycles. The monoisotopic (exact) mass is 418 g/mol. The summed E-state index contributed by atoms with van der Waals surface area (Å²) < 4.78 is 0. The predicted molar refractivity (Wildman–Crippen MR) is 121 cm³/mol. The van der Waals surface area contributed by atoms with E-state index < -0.39 is 12.0 Å². The summed E-state index contributed by atoms with van der Waals surface area (Å²) in [6, 6.07) is 15.8. The number of hydrogen-bond donors (Lipinski definition) is 4. The Bertz CT molecular complexity index is 1100. The van der Waals surface area contributed by atoms with Crippen molar-refractivity contribution >= 4 is 23.3 Å². The van der Waals surface area contributed by atoms with Crippen LogP contribution in [0.15, 0.2) is 60.8 Å². The zero-order valence-corrected chi connectivity index (χ0v) is 17.7. The minimum atomic E-state index is -1.26. The number of nitrogens with one attached hydrogen (secondary N) is 2. The molecule has 2 amide bonds. The molecule has 3 aromatic rings. The van der Waals surface area contributed by atoms with E-state index in [-0.39, 0.29) is 17.8 Å². The van der Waals surface area contributed by atoms with Gasteiger partial charge in [-0.05, 0) is 55.7 Å². The minimum absolute atomic E-state index is 0.0218. The van der Waals surface area contributed by atoms with Gasteiger partial charge in [-0.15, -0.1) is 0 Å². The summed E-state index contributed by atoms with van der Waals surface area (Å²) in [4.78, 5) is 29.0. The number of aryl methyl sites for hydroxylation is 1. The average molecular weight is 418 g/mol. The molecule has 3 rings (SSSR count). The molecule has 1 atom stereocenters. The van der Waals surface area contributed by atoms with Gasteiger partial charge in [-0.2, -0.15) is 0 Å². The van der Waals surface area contributed by atoms with Crippen molar-refractivity contribution in [1.82, 2.24) is 10.3 Å². The third-order valence-corrected chi connectivity index (χ3v) is 4.75. The Morgan fingerprint density at radius 3 is 2.42 bits per heavy atom. The van der Waals surface area contributed by atoms with Crippen LogP contribution in [-0.2, 0) is 4.79 Å². The third-order valence-electron chi connectivity index (χ3n) is 4.75. The van der Waals surface area contributed by atoms with E-state index in [1.165, 1.54) is 0 Å². The maximum atomic E-state index is 12.4. The Balaban J connectivity index is 1.81. The highest BCUT2D eigenvalue weighted by Gasteiger charge is 2.18. The number of rotatable bonds is 6. The molecular formula is C24H26N4O3. The number of aliphatic hydroxyl groups excluding tert-OH is 1. The molecule has 160 valence electrons. The summed E-state index contributed by atoms with van der Waals surface area (Å²) in [6.07, 6.45) is 0.353. The lowest BCUT2D eigenvalue weighted by Gasteiger charge is -2.14. The molecule has 1 heterocycles. The summed E-state index contributed by atoms with van der Waals surface area (Å²) in [6.45, 7) is 5.64. The zero-order chi connectivity index (χ0) is 22.5. The maximum absolute atomic E-state index is 12.4. The first-order chi connectivity index (χ1) is 14.8. The number of aliphatic hydroxyl groups is 1. The van der Waals surface area contributed by atoms with Gasteiger partial charge in [0.2, 0.25) is 0 Å². The Morgan fingerprint density at radius 2 is 1.77 bits per heavy atom. The van der Waals surface area contributed by atoms with Crippen molar-refractivity contribution in [3.63, 3.8) is 0 Å². The van der Waals surface area contributed by atoms with E-state index in [2.05, 4.69) is 15.6 Å². The van der Waals surface area contributed by atoms with Crippen LogP contribution in [0.5, 0.6) is 0 Å². The van der Waals surface area contributed by atoms with Crippen LogP contribution in [0.25, 0.3) is 11.1 Å². The number of benzene rings is 2. The van der Waals surface area contributed by atoms with E-state index in [4.69, 9.17) is 5.73 Å². The Labute approximate surface area is 181 Å². The predicted octanol–water partition coefficient (Wildman–Crippen LogP) is 3.45. The lowest BCUT2D eigenvalue weighted by Crippen LogP contribution is -2.30. The average Bonchev–Trinajstić information content (AvgIpc) is 2.74. The van der Waals surface area contributed by atoms with Crippen LogP contribution in [0, 0.1) is 6.92 Å². The molecule has 5 N–H and O–H groups in total. The fraction of sp³-hybridized carbons (Fsp3) is 0.208. The van der Waals surface area contributed by atoms with Crippen LogP contribution in [0.2, 0.25) is 0 Å². The summed E-state index contributed by atoms with van der Waals surface area (Å²) in [5.41, 5.74) is 9.75. The Hall–Kier alpha value is -3.71. The lowest BCUT2D eigenvalue weighted by molar-refractivity contribution is -0.124. The van der Waals surface area contributed by atoms with Gasteiger partial charge < -0.3 is 21.5 Å². The molecule has 0 radical (unpaired) electrons. The van der Waals surface area contributed by atoms with Gasteiger partial charge in [-0.1, -0.05) is 36.4 Å². The molecule has 0 unspecified atom stereocenters. The van der Waals surface area contributed by atoms with Crippen LogP contribution < -0.4 is 16.4 Å². The number of anilines is 2. The molecule has 7 nitrogen and oxygen atoms in total. The van der Waals surface area contributed by atoms with Crippen molar-refractivity contribution < 1.29 is 14.7 Å². The van der Waals surface area contributed by atoms with Gasteiger partial charge in [-0.25, -0.2) is 4.98 Å². The molecule has 0 saturated carbocycles. The summed E-state index contributed by atoms with van der Waals surface area (Å²) >= 11 is 0. The van der Waals surface area contributed by atoms with Gasteiger partial charge in [0.05, 0.1) is 5.56 Å². The number of aromatic nitrogens is 1. The SMILES string of the molecule is Cc1cc(NC(=O)[C@H](O)c2ccccc2)ccc1-c1cnc(N)c(C(=O)NC(C)C)c1. The Kier molecular flexibility index (Phi) is 6.67. The van der Waals surface area contributed by atoms with Crippen LogP contribution in [0.4, 0.5) is 11.5 Å². The lowest BCUT2D eigenvalue weighted by atomic mass is 9.99. The first-order valence-corrected chi connectivity index (χ1v) is 9.97. The van der Waals surface area contributed by atoms with Crippen molar-refractivity contribution in [2.45, 2.75) is 32.9 Å². The molecular weight excluding hydrogens is 392 g/mol. The largest absolute Gasteiger partial charge is 0.383 e. The highest BCUT2D eigenvalue weighted by molar-refractivity contribution is 6.00. The summed E-state index contributed by atoms with van der Waals surface area (Å²) in [7, 11) is 0. The molecule has 0 bridgehead atoms. The molecule has 0 aliphatic carbocycles. The maximum Gasteiger partial charge on any atom is 0.257 e. The second-order valence-corrected chi connectivity index (χ2v) is 7.62. The number of amides is 2. The fourth-order valence-electron chi connectivity index (χ4n) is 3.21. The fourth-order valence-corrected chi connectivity index (χ4v) is 3.21. The van der Waals surface area contributed by atoms with E-state index in [1.54, 1.807) is 48.7 Å². The van der Waals surface area contributed by atoms with Gasteiger partial charge in [0.15, 0.2) is 6.10 Å². The highest BCUT2D eigenvalue weighted by Crippen LogP contribution is 2.28. The summed E-state index contributed by atoms with van der Waals surface area (Å²) in [5, 5.41) is 15.8. The van der Waals surface area contributed by atoms with Gasteiger partial charge in [-0.3, -0.25) is 9.59 Å². The topological polar surface area (TPSA) is 117 Å². The van der Waals surface area contributed by atoms with Crippen LogP contribution >= 0.6 is 0 Å². The van der Waals surface area contributed by atoms with E-state index >= 15 is 0 Å². The van der Waals surface area contributed by atoms with Crippen molar-refractivity contribution in [1.29, 1.82) is 0 Å². The molecule has 0 fully saturated rings. The van der Waals surface area contributed by atoms with Gasteiger partial charge in [0.25, 0.3) is 11.8 Å². The van der Waals surface area contributed by atoms with E-state index in [1.807, 2.05) is 32.9 Å². The van der Waals surface area contributed by atoms with Crippen LogP contribution in [-0.4, -0.2) is 27.9 Å². The van der Waals surface area contributed by atoms with E-state index in [0.29, 0.717) is 16.8 Å². The van der Waals surface area contributed by atoms with E-state index in [0.717, 1.165) is 16.7 Å². The number of carbonyl (C=O) groups excluding carboxylic acids is 2. The standard InChI is InChI=1S/C24H26N4O3/c1-14(2)27-23(30)20-12-17(13-26-22(20)25)19-10-9-18(11-15(19)3)28-24(31)21(29)16-7-5-4-6-8-16/h4-14,21,29H,1-3H3,(H2,25,26)(H,27,30)(H,28,31)/t21-/m1/s1. The molecule has 0 spiro atoms. The first kappa shape index (κ1) is 22.0. The molecule has 1 aromatic heterocycles. The molecule has 7 heteroatoms. The van der Waals surface area contributed by atoms with Crippen LogP contribution in [0.3, 0.4) is 0 Å². The highest BCUT2D eigenvalue weighted by atomic mass is 16.3. The van der Waals surface area contributed by atoms with Gasteiger partial charge in [0.1, 0.15) is 5.82 Å². The molecule has 0 aliphatic heterocycles. The number of nitrogen functional groups attached to an aromatic ring is 1. The smallest absolute Gasteiger partial charge is 0.257 e. The second-order valence-electron chi connectivity index (χ2n) is 7.62. The first-order valence-electron chi connectivity index (χ1n) is 9.97. The third kappa shape index (κ3) is 5.26. The second kappa shape index (κ2) is 9.40. The van der Waals surface area contributed by atoms with E-state index in [9.17, 15) is 14.7 Å². The quantitative estimate of drug-likeness (QED) is 0.489. The van der Waals surface area contributed by atoms with Gasteiger partial charge >= 0.3 is 0 Å². The molecule has 31 heavy (non-hydrogen) atoms. The number of nitrogens with zero attached hydrogens (tertiary/aromatic N) is 1. The summed E-state index contributed by atoms with van der Waals surface area (Å²) in [5.74, 6) is -0.628. The molecule has 0 aliphatic rings. The van der Waals surface area contributed by atoms with Crippen molar-refractivity contribution in [2.24, 2.45) is 0 Å². The van der Waals surface area contributed by atoms with Crippen molar-refractivity contribution in [2.75, 3.05) is 11.1 Å². The normalized spacial score (nSPS) is 11.8. The van der Waals surface area contributed by atoms with Crippen molar-refractivity contribution in [3.8, 4) is 11.1 Å². The number of hydrogen-bond acceptors (Lipinski definition) is 5. The number of nitrogens with two attached hydrogens (primary N) is 1. The van der Waals surface area contributed by atoms with Crippen LogP contribution in [0.1, 0.15) is 41.4 Å². The number of pyridine rings is 1.